The van der Waals surface area contributed by atoms with Crippen molar-refractivity contribution in [3.63, 3.8) is 0 Å². The second-order valence-electron chi connectivity index (χ2n) is 7.04. The number of hydrogen-bond donors (Lipinski definition) is 3. The number of benzene rings is 1. The lowest BCUT2D eigenvalue weighted by atomic mass is 10.1. The minimum absolute atomic E-state index is 0.200. The number of halogens is 1. The summed E-state index contributed by atoms with van der Waals surface area (Å²) in [5.74, 6) is -0.200. The van der Waals surface area contributed by atoms with Crippen LogP contribution in [0.2, 0.25) is 5.02 Å². The van der Waals surface area contributed by atoms with Crippen LogP contribution < -0.4 is 21.3 Å². The molecule has 3 heterocycles. The molecule has 9 heteroatoms. The van der Waals surface area contributed by atoms with Crippen LogP contribution in [0.15, 0.2) is 24.4 Å². The SMILES string of the molecule is Cc1cnc2c(N)c(C(=O)NCCc3ccc(N4CCNCC4)c(Cl)c3)sc2n1. The summed E-state index contributed by atoms with van der Waals surface area (Å²) < 4.78 is 0. The number of amides is 1. The predicted molar refractivity (Wildman–Crippen MR) is 119 cm³/mol. The Balaban J connectivity index is 1.38. The van der Waals surface area contributed by atoms with Gasteiger partial charge in [0.15, 0.2) is 0 Å². The second kappa shape index (κ2) is 8.52. The van der Waals surface area contributed by atoms with Crippen LogP contribution in [0, 0.1) is 6.92 Å². The molecule has 0 atom stereocenters. The van der Waals surface area contributed by atoms with Gasteiger partial charge < -0.3 is 21.3 Å². The number of nitrogens with two attached hydrogens (primary N) is 1. The van der Waals surface area contributed by atoms with Gasteiger partial charge in [0.1, 0.15) is 15.2 Å². The largest absolute Gasteiger partial charge is 0.396 e. The van der Waals surface area contributed by atoms with Crippen LogP contribution in [0.3, 0.4) is 0 Å². The lowest BCUT2D eigenvalue weighted by molar-refractivity contribution is 0.0959. The number of aryl methyl sites for hydroxylation is 1. The summed E-state index contributed by atoms with van der Waals surface area (Å²) in [5, 5.41) is 7.02. The van der Waals surface area contributed by atoms with Crippen molar-refractivity contribution in [2.24, 2.45) is 0 Å². The fourth-order valence-electron chi connectivity index (χ4n) is 3.41. The van der Waals surface area contributed by atoms with E-state index in [0.29, 0.717) is 33.9 Å². The minimum Gasteiger partial charge on any atom is -0.396 e. The number of nitrogens with zero attached hydrogens (tertiary/aromatic N) is 3. The Hall–Kier alpha value is -2.42. The van der Waals surface area contributed by atoms with E-state index in [1.54, 1.807) is 6.20 Å². The first-order valence-corrected chi connectivity index (χ1v) is 10.8. The smallest absolute Gasteiger partial charge is 0.263 e. The number of anilines is 2. The second-order valence-corrected chi connectivity index (χ2v) is 8.44. The fraction of sp³-hybridized carbons (Fsp3) is 0.350. The molecular weight excluding hydrogens is 408 g/mol. The zero-order valence-electron chi connectivity index (χ0n) is 16.2. The minimum atomic E-state index is -0.200. The molecule has 2 aromatic heterocycles. The number of fused-ring (bicyclic) bond motifs is 1. The van der Waals surface area contributed by atoms with E-state index in [9.17, 15) is 4.79 Å². The predicted octanol–water partition coefficient (Wildman–Crippen LogP) is 2.62. The molecule has 1 aliphatic heterocycles. The molecule has 1 fully saturated rings. The molecule has 0 unspecified atom stereocenters. The Bertz CT molecular complexity index is 1050. The van der Waals surface area contributed by atoms with Crippen LogP contribution in [0.1, 0.15) is 20.9 Å². The maximum Gasteiger partial charge on any atom is 0.263 e. The van der Waals surface area contributed by atoms with E-state index in [1.165, 1.54) is 11.3 Å². The summed E-state index contributed by atoms with van der Waals surface area (Å²) >= 11 is 7.77. The highest BCUT2D eigenvalue weighted by atomic mass is 35.5. The molecule has 0 saturated carbocycles. The fourth-order valence-corrected chi connectivity index (χ4v) is 4.74. The van der Waals surface area contributed by atoms with Crippen molar-refractivity contribution in [1.82, 2.24) is 20.6 Å². The van der Waals surface area contributed by atoms with E-state index >= 15 is 0 Å². The van der Waals surface area contributed by atoms with Crippen molar-refractivity contribution in [2.75, 3.05) is 43.4 Å². The van der Waals surface area contributed by atoms with Gasteiger partial charge >= 0.3 is 0 Å². The Kier molecular flexibility index (Phi) is 5.84. The third kappa shape index (κ3) is 4.29. The zero-order chi connectivity index (χ0) is 20.4. The van der Waals surface area contributed by atoms with Gasteiger partial charge in [0.2, 0.25) is 0 Å². The van der Waals surface area contributed by atoms with Crippen molar-refractivity contribution < 1.29 is 4.79 Å². The summed E-state index contributed by atoms with van der Waals surface area (Å²) in [6.45, 7) is 6.20. The number of nitrogens with one attached hydrogen (secondary N) is 2. The van der Waals surface area contributed by atoms with Crippen molar-refractivity contribution in [1.29, 1.82) is 0 Å². The number of carbonyl (C=O) groups is 1. The molecule has 1 aliphatic rings. The van der Waals surface area contributed by atoms with Crippen LogP contribution in [-0.4, -0.2) is 48.6 Å². The third-order valence-electron chi connectivity index (χ3n) is 4.93. The summed E-state index contributed by atoms with van der Waals surface area (Å²) in [6.07, 6.45) is 2.34. The standard InChI is InChI=1S/C20H23ClN6OS/c1-12-11-25-17-16(22)18(29-20(17)26-12)19(28)24-5-4-13-2-3-15(14(21)10-13)27-8-6-23-7-9-27/h2-3,10-11,23H,4-9,22H2,1H3,(H,24,28). The number of aromatic nitrogens is 2. The van der Waals surface area contributed by atoms with E-state index in [2.05, 4.69) is 37.6 Å². The Morgan fingerprint density at radius 3 is 2.93 bits per heavy atom. The third-order valence-corrected chi connectivity index (χ3v) is 6.32. The summed E-state index contributed by atoms with van der Waals surface area (Å²) in [7, 11) is 0. The highest BCUT2D eigenvalue weighted by molar-refractivity contribution is 7.21. The number of piperazine rings is 1. The maximum absolute atomic E-state index is 12.6. The molecule has 3 aromatic rings. The molecule has 29 heavy (non-hydrogen) atoms. The molecular formula is C20H23ClN6OS. The van der Waals surface area contributed by atoms with Gasteiger partial charge in [-0.15, -0.1) is 11.3 Å². The van der Waals surface area contributed by atoms with E-state index in [-0.39, 0.29) is 5.91 Å². The molecule has 1 amide bonds. The van der Waals surface area contributed by atoms with Gasteiger partial charge in [-0.3, -0.25) is 4.79 Å². The van der Waals surface area contributed by atoms with Gasteiger partial charge in [-0.1, -0.05) is 17.7 Å². The van der Waals surface area contributed by atoms with Crippen molar-refractivity contribution in [3.8, 4) is 0 Å². The number of thiophene rings is 1. The van der Waals surface area contributed by atoms with E-state index in [1.807, 2.05) is 13.0 Å². The number of hydrogen-bond acceptors (Lipinski definition) is 7. The molecule has 1 aromatic carbocycles. The molecule has 1 saturated heterocycles. The molecule has 4 N–H and O–H groups in total. The van der Waals surface area contributed by atoms with E-state index in [4.69, 9.17) is 17.3 Å². The van der Waals surface area contributed by atoms with Gasteiger partial charge in [-0.2, -0.15) is 0 Å². The van der Waals surface area contributed by atoms with Gasteiger partial charge in [0.25, 0.3) is 5.91 Å². The van der Waals surface area contributed by atoms with Gasteiger partial charge in [0, 0.05) is 38.9 Å². The zero-order valence-corrected chi connectivity index (χ0v) is 17.7. The van der Waals surface area contributed by atoms with Crippen molar-refractivity contribution >= 4 is 50.6 Å². The molecule has 0 bridgehead atoms. The molecule has 0 spiro atoms. The monoisotopic (exact) mass is 430 g/mol. The summed E-state index contributed by atoms with van der Waals surface area (Å²) in [4.78, 5) is 24.7. The Morgan fingerprint density at radius 1 is 1.38 bits per heavy atom. The number of nitrogen functional groups attached to an aromatic ring is 1. The lowest BCUT2D eigenvalue weighted by Gasteiger charge is -2.30. The van der Waals surface area contributed by atoms with E-state index < -0.39 is 0 Å². The molecule has 0 aliphatic carbocycles. The number of carbonyl (C=O) groups excluding carboxylic acids is 1. The maximum atomic E-state index is 12.6. The first kappa shape index (κ1) is 19.9. The number of rotatable bonds is 5. The quantitative estimate of drug-likeness (QED) is 0.575. The van der Waals surface area contributed by atoms with Crippen LogP contribution in [0.5, 0.6) is 0 Å². The first-order chi connectivity index (χ1) is 14.0. The first-order valence-electron chi connectivity index (χ1n) is 9.57. The van der Waals surface area contributed by atoms with Gasteiger partial charge in [-0.05, 0) is 31.0 Å². The normalized spacial score (nSPS) is 14.3. The van der Waals surface area contributed by atoms with Crippen molar-refractivity contribution in [3.05, 3.63) is 45.6 Å². The van der Waals surface area contributed by atoms with Crippen molar-refractivity contribution in [2.45, 2.75) is 13.3 Å². The van der Waals surface area contributed by atoms with Gasteiger partial charge in [0.05, 0.1) is 22.1 Å². The highest BCUT2D eigenvalue weighted by Gasteiger charge is 2.18. The van der Waals surface area contributed by atoms with Crippen LogP contribution >= 0.6 is 22.9 Å². The molecule has 0 radical (unpaired) electrons. The Morgan fingerprint density at radius 2 is 2.17 bits per heavy atom. The van der Waals surface area contributed by atoms with Gasteiger partial charge in [-0.25, -0.2) is 9.97 Å². The average molecular weight is 431 g/mol. The lowest BCUT2D eigenvalue weighted by Crippen LogP contribution is -2.43. The van der Waals surface area contributed by atoms with Crippen LogP contribution in [-0.2, 0) is 6.42 Å². The molecule has 7 nitrogen and oxygen atoms in total. The highest BCUT2D eigenvalue weighted by Crippen LogP contribution is 2.31. The van der Waals surface area contributed by atoms with E-state index in [0.717, 1.165) is 48.1 Å². The Labute approximate surface area is 178 Å². The molecule has 152 valence electrons. The van der Waals surface area contributed by atoms with Crippen LogP contribution in [0.4, 0.5) is 11.4 Å². The molecule has 4 rings (SSSR count). The summed E-state index contributed by atoms with van der Waals surface area (Å²) in [5.41, 5.74) is 10.0. The average Bonchev–Trinajstić information content (AvgIpc) is 3.04. The van der Waals surface area contributed by atoms with Crippen LogP contribution in [0.25, 0.3) is 10.3 Å². The topological polar surface area (TPSA) is 96.2 Å². The summed E-state index contributed by atoms with van der Waals surface area (Å²) in [6, 6.07) is 6.11.